The molecule has 0 fully saturated rings. The van der Waals surface area contributed by atoms with Gasteiger partial charge in [-0.2, -0.15) is 10.1 Å². The first-order valence-corrected chi connectivity index (χ1v) is 9.66. The van der Waals surface area contributed by atoms with Crippen LogP contribution in [-0.2, 0) is 13.2 Å². The lowest BCUT2D eigenvalue weighted by Crippen LogP contribution is -2.22. The molecule has 3 heterocycles. The van der Waals surface area contributed by atoms with Crippen LogP contribution in [0, 0.1) is 11.7 Å². The summed E-state index contributed by atoms with van der Waals surface area (Å²) in [5, 5.41) is 7.66. The summed E-state index contributed by atoms with van der Waals surface area (Å²) < 4.78 is 9.75. The number of rotatable bonds is 7. The Bertz CT molecular complexity index is 1170. The van der Waals surface area contributed by atoms with Gasteiger partial charge in [-0.05, 0) is 62.6 Å². The summed E-state index contributed by atoms with van der Waals surface area (Å²) >= 11 is 5.38. The number of nitrogens with zero attached hydrogens (tertiary/aromatic N) is 5. The van der Waals surface area contributed by atoms with Gasteiger partial charge in [0.15, 0.2) is 0 Å². The molecule has 0 aliphatic heterocycles. The molecule has 0 radical (unpaired) electrons. The van der Waals surface area contributed by atoms with Gasteiger partial charge in [-0.25, -0.2) is 9.36 Å². The molecule has 0 aliphatic rings. The number of aryl methyl sites for hydroxylation is 1. The smallest absolute Gasteiger partial charge is 0.217 e. The van der Waals surface area contributed by atoms with E-state index in [4.69, 9.17) is 16.6 Å². The Morgan fingerprint density at radius 2 is 2.00 bits per heavy atom. The van der Waals surface area contributed by atoms with E-state index in [1.165, 1.54) is 0 Å². The van der Waals surface area contributed by atoms with Gasteiger partial charge in [0, 0.05) is 18.3 Å². The lowest BCUT2D eigenvalue weighted by Gasteiger charge is -2.15. The van der Waals surface area contributed by atoms with Crippen LogP contribution < -0.4 is 0 Å². The summed E-state index contributed by atoms with van der Waals surface area (Å²) in [6.07, 6.45) is 7.65. The van der Waals surface area contributed by atoms with Crippen LogP contribution in [0.5, 0.6) is 0 Å². The van der Waals surface area contributed by atoms with E-state index in [1.54, 1.807) is 0 Å². The maximum absolute atomic E-state index is 5.53. The maximum atomic E-state index is 5.53. The summed E-state index contributed by atoms with van der Waals surface area (Å²) in [5.41, 5.74) is 2.16. The molecule has 1 N–H and O–H groups in total. The van der Waals surface area contributed by atoms with Crippen molar-refractivity contribution >= 4 is 24.4 Å². The van der Waals surface area contributed by atoms with E-state index in [2.05, 4.69) is 20.1 Å². The van der Waals surface area contributed by atoms with Crippen molar-refractivity contribution in [2.75, 3.05) is 7.05 Å². The summed E-state index contributed by atoms with van der Waals surface area (Å²) in [6, 6.07) is 13.9. The van der Waals surface area contributed by atoms with Crippen LogP contribution in [-0.4, -0.2) is 36.5 Å². The first-order valence-electron chi connectivity index (χ1n) is 9.26. The van der Waals surface area contributed by atoms with Crippen molar-refractivity contribution in [3.8, 4) is 5.69 Å². The summed E-state index contributed by atoms with van der Waals surface area (Å²) in [7, 11) is 2.03. The van der Waals surface area contributed by atoms with Crippen LogP contribution in [0.2, 0.25) is 0 Å². The van der Waals surface area contributed by atoms with Crippen LogP contribution in [0.4, 0.5) is 0 Å². The fraction of sp³-hybridized carbons (Fsp3) is 0.190. The number of hydrogen-bond acceptors (Lipinski definition) is 5. The summed E-state index contributed by atoms with van der Waals surface area (Å²) in [4.78, 5) is 6.53. The molecule has 4 rings (SSSR count). The molecule has 0 bridgehead atoms. The zero-order chi connectivity index (χ0) is 20.2. The van der Waals surface area contributed by atoms with Gasteiger partial charge >= 0.3 is 0 Å². The molecule has 1 aromatic carbocycles. The molecular formula is C21H22N6OS. The second-order valence-corrected chi connectivity index (χ2v) is 7.25. The van der Waals surface area contributed by atoms with Crippen LogP contribution in [0.1, 0.15) is 22.9 Å². The highest BCUT2D eigenvalue weighted by molar-refractivity contribution is 7.71. The van der Waals surface area contributed by atoms with Gasteiger partial charge in [-0.1, -0.05) is 18.2 Å². The van der Waals surface area contributed by atoms with Crippen molar-refractivity contribution in [2.24, 2.45) is 0 Å². The highest BCUT2D eigenvalue weighted by Gasteiger charge is 2.07. The molecule has 7 nitrogen and oxygen atoms in total. The molecule has 0 spiro atoms. The molecule has 8 heteroatoms. The number of para-hydroxylation sites is 1. The normalized spacial score (nSPS) is 11.7. The number of furan rings is 1. The number of H-pyrrole nitrogens is 1. The fourth-order valence-corrected chi connectivity index (χ4v) is 3.22. The SMILES string of the molecule is Cc1ccc(/C=C/c2nc(=S)n(CN(C)Cc3cnn(-c4ccccc4)c3)[nH]2)o1. The first-order chi connectivity index (χ1) is 14.1. The van der Waals surface area contributed by atoms with E-state index in [0.29, 0.717) is 17.3 Å². The Labute approximate surface area is 173 Å². The molecule has 0 aliphatic carbocycles. The van der Waals surface area contributed by atoms with Gasteiger partial charge < -0.3 is 4.42 Å². The lowest BCUT2D eigenvalue weighted by atomic mass is 10.3. The number of aromatic nitrogens is 5. The Hall–Kier alpha value is -3.23. The lowest BCUT2D eigenvalue weighted by molar-refractivity contribution is 0.244. The summed E-state index contributed by atoms with van der Waals surface area (Å²) in [5.74, 6) is 2.35. The number of aromatic amines is 1. The second kappa shape index (κ2) is 8.42. The Morgan fingerprint density at radius 3 is 2.76 bits per heavy atom. The molecule has 29 heavy (non-hydrogen) atoms. The molecule has 0 atom stereocenters. The quantitative estimate of drug-likeness (QED) is 0.464. The molecule has 4 aromatic rings. The third-order valence-electron chi connectivity index (χ3n) is 4.36. The van der Waals surface area contributed by atoms with Crippen molar-refractivity contribution < 1.29 is 4.42 Å². The van der Waals surface area contributed by atoms with E-state index in [0.717, 1.165) is 29.3 Å². The zero-order valence-corrected chi connectivity index (χ0v) is 17.1. The molecular weight excluding hydrogens is 384 g/mol. The van der Waals surface area contributed by atoms with Gasteiger partial charge in [0.25, 0.3) is 0 Å². The van der Waals surface area contributed by atoms with E-state index >= 15 is 0 Å². The van der Waals surface area contributed by atoms with E-state index < -0.39 is 0 Å². The van der Waals surface area contributed by atoms with Crippen LogP contribution >= 0.6 is 12.2 Å². The topological polar surface area (TPSA) is 67.8 Å². The molecule has 0 unspecified atom stereocenters. The van der Waals surface area contributed by atoms with E-state index in [-0.39, 0.29) is 0 Å². The van der Waals surface area contributed by atoms with Crippen LogP contribution in [0.15, 0.2) is 59.3 Å². The fourth-order valence-electron chi connectivity index (χ4n) is 3.02. The number of benzene rings is 1. The largest absolute Gasteiger partial charge is 0.462 e. The minimum absolute atomic E-state index is 0.507. The second-order valence-electron chi connectivity index (χ2n) is 6.89. The number of hydrogen-bond donors (Lipinski definition) is 1. The van der Waals surface area contributed by atoms with Crippen molar-refractivity contribution in [1.82, 2.24) is 29.4 Å². The number of nitrogens with one attached hydrogen (secondary N) is 1. The predicted octanol–water partition coefficient (Wildman–Crippen LogP) is 4.29. The Balaban J connectivity index is 1.39. The Kier molecular flexibility index (Phi) is 5.55. The van der Waals surface area contributed by atoms with Crippen molar-refractivity contribution in [3.05, 3.63) is 82.5 Å². The van der Waals surface area contributed by atoms with Gasteiger partial charge in [-0.15, -0.1) is 0 Å². The standard InChI is InChI=1S/C21H22N6OS/c1-16-8-9-19(28-16)10-11-20-23-21(29)27(24-20)15-25(2)13-17-12-22-26(14-17)18-6-4-3-5-7-18/h3-12,14H,13,15H2,1-2H3,(H,23,24,29)/b11-10+. The van der Waals surface area contributed by atoms with E-state index in [9.17, 15) is 0 Å². The van der Waals surface area contributed by atoms with Gasteiger partial charge in [0.05, 0.1) is 18.6 Å². The summed E-state index contributed by atoms with van der Waals surface area (Å²) in [6.45, 7) is 3.25. The zero-order valence-electron chi connectivity index (χ0n) is 16.3. The maximum Gasteiger partial charge on any atom is 0.217 e. The minimum Gasteiger partial charge on any atom is -0.462 e. The molecule has 148 valence electrons. The highest BCUT2D eigenvalue weighted by Crippen LogP contribution is 2.11. The Morgan fingerprint density at radius 1 is 1.17 bits per heavy atom. The molecule has 0 saturated carbocycles. The van der Waals surface area contributed by atoms with Crippen molar-refractivity contribution in [2.45, 2.75) is 20.1 Å². The van der Waals surface area contributed by atoms with Crippen LogP contribution in [0.25, 0.3) is 17.8 Å². The average Bonchev–Trinajstić information content (AvgIpc) is 3.42. The van der Waals surface area contributed by atoms with Gasteiger partial charge in [0.2, 0.25) is 4.77 Å². The highest BCUT2D eigenvalue weighted by atomic mass is 32.1. The third kappa shape index (κ3) is 4.79. The predicted molar refractivity (Wildman–Crippen MR) is 115 cm³/mol. The van der Waals surface area contributed by atoms with Crippen molar-refractivity contribution in [1.29, 1.82) is 0 Å². The third-order valence-corrected chi connectivity index (χ3v) is 4.67. The van der Waals surface area contributed by atoms with Crippen molar-refractivity contribution in [3.63, 3.8) is 0 Å². The van der Waals surface area contributed by atoms with Gasteiger partial charge in [-0.3, -0.25) is 10.00 Å². The molecule has 3 aromatic heterocycles. The average molecular weight is 407 g/mol. The monoisotopic (exact) mass is 406 g/mol. The van der Waals surface area contributed by atoms with Crippen LogP contribution in [0.3, 0.4) is 0 Å². The van der Waals surface area contributed by atoms with Gasteiger partial charge in [0.1, 0.15) is 17.3 Å². The first kappa shape index (κ1) is 19.1. The minimum atomic E-state index is 0.507. The molecule has 0 amide bonds. The van der Waals surface area contributed by atoms with E-state index in [1.807, 2.05) is 90.3 Å². The molecule has 0 saturated heterocycles.